The molecule has 0 unspecified atom stereocenters. The smallest absolute Gasteiger partial charge is 0.862 e. The van der Waals surface area contributed by atoms with Gasteiger partial charge in [-0.3, -0.25) is 4.99 Å². The second-order valence-electron chi connectivity index (χ2n) is 4.56. The Morgan fingerprint density at radius 2 is 1.74 bits per heavy atom. The van der Waals surface area contributed by atoms with Crippen molar-refractivity contribution in [3.05, 3.63) is 0 Å². The molecule has 5 nitrogen and oxygen atoms in total. The molecule has 0 fully saturated rings. The van der Waals surface area contributed by atoms with Crippen molar-refractivity contribution in [1.29, 1.82) is 0 Å². The van der Waals surface area contributed by atoms with Gasteiger partial charge in [-0.25, -0.2) is 4.79 Å². The number of rotatable bonds is 10. The molecule has 0 aromatic carbocycles. The van der Waals surface area contributed by atoms with Crippen molar-refractivity contribution in [2.45, 2.75) is 70.9 Å². The summed E-state index contributed by atoms with van der Waals surface area (Å²) in [5.41, 5.74) is 0. The molecule has 0 aliphatic rings. The molecular formula is C13H24NNaO4. The monoisotopic (exact) mass is 281 g/mol. The summed E-state index contributed by atoms with van der Waals surface area (Å²) in [5.74, 6) is -1.69. The van der Waals surface area contributed by atoms with Gasteiger partial charge in [0, 0.05) is 0 Å². The number of hydrogen-bond acceptors (Lipinski definition) is 4. The van der Waals surface area contributed by atoms with E-state index >= 15 is 0 Å². The molecule has 0 rings (SSSR count). The van der Waals surface area contributed by atoms with E-state index in [1.165, 1.54) is 26.2 Å². The van der Waals surface area contributed by atoms with E-state index in [0.29, 0.717) is 0 Å². The van der Waals surface area contributed by atoms with Crippen LogP contribution in [0.5, 0.6) is 0 Å². The number of unbranched alkanes of at least 4 members (excludes halogenated alkanes) is 5. The van der Waals surface area contributed by atoms with Crippen LogP contribution >= 0.6 is 0 Å². The van der Waals surface area contributed by atoms with E-state index in [1.807, 2.05) is 0 Å². The number of aliphatic hydroxyl groups excluding tert-OH is 1. The van der Waals surface area contributed by atoms with Gasteiger partial charge in [-0.05, 0) is 25.7 Å². The van der Waals surface area contributed by atoms with Gasteiger partial charge in [-0.2, -0.15) is 0 Å². The predicted octanol–water partition coefficient (Wildman–Crippen LogP) is -1.67. The van der Waals surface area contributed by atoms with Gasteiger partial charge < -0.3 is 15.3 Å². The summed E-state index contributed by atoms with van der Waals surface area (Å²) in [6.45, 7) is 3.46. The molecule has 6 heteroatoms. The third-order valence-corrected chi connectivity index (χ3v) is 2.74. The maximum atomic E-state index is 11.4. The van der Waals surface area contributed by atoms with Gasteiger partial charge in [0.25, 0.3) is 0 Å². The fourth-order valence-electron chi connectivity index (χ4n) is 1.65. The number of carbonyl (C=O) groups is 1. The van der Waals surface area contributed by atoms with E-state index < -0.39 is 24.0 Å². The van der Waals surface area contributed by atoms with Crippen LogP contribution in [0.25, 0.3) is 0 Å². The van der Waals surface area contributed by atoms with Crippen LogP contribution in [0.4, 0.5) is 0 Å². The third-order valence-electron chi connectivity index (χ3n) is 2.74. The maximum Gasteiger partial charge on any atom is 1.00 e. The molecule has 0 radical (unpaired) electrons. The Morgan fingerprint density at radius 1 is 1.21 bits per heavy atom. The van der Waals surface area contributed by atoms with Crippen LogP contribution in [-0.2, 0) is 4.79 Å². The third kappa shape index (κ3) is 11.4. The maximum absolute atomic E-state index is 11.4. The molecule has 0 aliphatic carbocycles. The van der Waals surface area contributed by atoms with Crippen LogP contribution in [0.15, 0.2) is 4.99 Å². The zero-order valence-corrected chi connectivity index (χ0v) is 14.3. The first-order chi connectivity index (χ1) is 8.49. The fourth-order valence-corrected chi connectivity index (χ4v) is 1.65. The van der Waals surface area contributed by atoms with Gasteiger partial charge in [0.1, 0.15) is 0 Å². The molecular weight excluding hydrogens is 257 g/mol. The van der Waals surface area contributed by atoms with Crippen LogP contribution in [0.1, 0.15) is 58.8 Å². The van der Waals surface area contributed by atoms with Crippen molar-refractivity contribution in [2.75, 3.05) is 0 Å². The number of carboxylic acid groups (broad SMARTS) is 1. The Morgan fingerprint density at radius 3 is 2.21 bits per heavy atom. The molecule has 0 amide bonds. The molecule has 0 aromatic rings. The van der Waals surface area contributed by atoms with E-state index in [0.717, 1.165) is 19.3 Å². The second kappa shape index (κ2) is 12.9. The van der Waals surface area contributed by atoms with Crippen molar-refractivity contribution >= 4 is 11.9 Å². The van der Waals surface area contributed by atoms with Crippen LogP contribution in [0.3, 0.4) is 0 Å². The molecule has 0 bridgehead atoms. The van der Waals surface area contributed by atoms with Crippen LogP contribution in [0, 0.1) is 0 Å². The van der Waals surface area contributed by atoms with Gasteiger partial charge in [-0.1, -0.05) is 39.0 Å². The summed E-state index contributed by atoms with van der Waals surface area (Å²) in [6, 6.07) is -1.34. The summed E-state index contributed by atoms with van der Waals surface area (Å²) in [7, 11) is 0. The van der Waals surface area contributed by atoms with Gasteiger partial charge in [0.2, 0.25) is 0 Å². The van der Waals surface area contributed by atoms with Crippen LogP contribution in [0.2, 0.25) is 0 Å². The minimum Gasteiger partial charge on any atom is -0.862 e. The van der Waals surface area contributed by atoms with E-state index in [9.17, 15) is 15.0 Å². The number of nitrogens with zero attached hydrogens (tertiary/aromatic N) is 1. The van der Waals surface area contributed by atoms with Crippen molar-refractivity contribution in [3.63, 3.8) is 0 Å². The Kier molecular flexibility index (Phi) is 14.4. The van der Waals surface area contributed by atoms with E-state index in [4.69, 9.17) is 5.11 Å². The number of aliphatic carboxylic acids is 1. The molecule has 0 spiro atoms. The fraction of sp³-hybridized carbons (Fsp3) is 0.846. The first-order valence-corrected chi connectivity index (χ1v) is 6.63. The van der Waals surface area contributed by atoms with E-state index in [-0.39, 0.29) is 36.0 Å². The largest absolute Gasteiger partial charge is 1.00 e. The van der Waals surface area contributed by atoms with Gasteiger partial charge in [0.05, 0.1) is 6.10 Å². The van der Waals surface area contributed by atoms with Gasteiger partial charge >= 0.3 is 35.5 Å². The summed E-state index contributed by atoms with van der Waals surface area (Å²) in [4.78, 5) is 14.2. The Balaban J connectivity index is 0. The number of aliphatic imine (C=N–C) groups is 1. The molecule has 2 N–H and O–H groups in total. The first-order valence-electron chi connectivity index (χ1n) is 6.63. The summed E-state index contributed by atoms with van der Waals surface area (Å²) < 4.78 is 0. The number of carboxylic acids is 1. The van der Waals surface area contributed by atoms with Crippen LogP contribution in [-0.4, -0.2) is 34.2 Å². The first kappa shape index (κ1) is 21.2. The van der Waals surface area contributed by atoms with Crippen LogP contribution < -0.4 is 34.7 Å². The molecule has 0 saturated carbocycles. The molecule has 0 saturated heterocycles. The standard InChI is InChI=1S/C13H25NO4.Na/c1-3-4-5-6-7-8-9-11(16)14-12(10(2)15)13(17)18;/h10,12,15H,3-9H2,1-2H3,(H,14,16)(H,17,18);/q;+1/p-1/t10-,12+;/m1./s1. The summed E-state index contributed by atoms with van der Waals surface area (Å²) in [6.07, 6.45) is 5.49. The minimum atomic E-state index is -1.34. The average molecular weight is 281 g/mol. The molecule has 2 atom stereocenters. The van der Waals surface area contributed by atoms with Crippen molar-refractivity contribution in [2.24, 2.45) is 4.99 Å². The Labute approximate surface area is 137 Å². The Bertz CT molecular complexity index is 269. The van der Waals surface area contributed by atoms with Crippen molar-refractivity contribution < 1.29 is 49.7 Å². The predicted molar refractivity (Wildman–Crippen MR) is 68.5 cm³/mol. The molecule has 106 valence electrons. The zero-order valence-electron chi connectivity index (χ0n) is 12.3. The molecule has 0 aromatic heterocycles. The normalized spacial score (nSPS) is 14.6. The van der Waals surface area contributed by atoms with Crippen molar-refractivity contribution in [3.8, 4) is 0 Å². The quantitative estimate of drug-likeness (QED) is 0.217. The molecule has 19 heavy (non-hydrogen) atoms. The number of aliphatic hydroxyl groups is 1. The van der Waals surface area contributed by atoms with E-state index in [2.05, 4.69) is 11.9 Å². The minimum absolute atomic E-state index is 0. The average Bonchev–Trinajstić information content (AvgIpc) is 2.29. The van der Waals surface area contributed by atoms with Crippen molar-refractivity contribution in [1.82, 2.24) is 0 Å². The Hall–Kier alpha value is -0.100. The van der Waals surface area contributed by atoms with E-state index in [1.54, 1.807) is 0 Å². The summed E-state index contributed by atoms with van der Waals surface area (Å²) >= 11 is 0. The van der Waals surface area contributed by atoms with Gasteiger partial charge in [0.15, 0.2) is 6.04 Å². The zero-order chi connectivity index (χ0) is 14.0. The summed E-state index contributed by atoms with van der Waals surface area (Å²) in [5, 5.41) is 29.3. The van der Waals surface area contributed by atoms with Gasteiger partial charge in [-0.15, -0.1) is 0 Å². The molecule has 0 heterocycles. The second-order valence-corrected chi connectivity index (χ2v) is 4.56. The number of hydrogen-bond donors (Lipinski definition) is 2. The topological polar surface area (TPSA) is 93.0 Å². The molecule has 0 aliphatic heterocycles. The SMILES string of the molecule is CCCCCCCCC([O-])=N[C@H](C(=O)O)[C@@H](C)O.[Na+].